The predicted molar refractivity (Wildman–Crippen MR) is 268 cm³/mol. The minimum Gasteiger partial charge on any atom is -0.265 e. The van der Waals surface area contributed by atoms with E-state index in [1.165, 1.54) is 0 Å². The molecule has 316 valence electrons. The monoisotopic (exact) mass is 860 g/mol. The molecule has 0 aliphatic heterocycles. The van der Waals surface area contributed by atoms with Gasteiger partial charge in [-0.05, 0) is 82.8 Å². The van der Waals surface area contributed by atoms with Gasteiger partial charge < -0.3 is 0 Å². The second-order valence-electron chi connectivity index (χ2n) is 16.1. The van der Waals surface area contributed by atoms with Gasteiger partial charge in [0.1, 0.15) is 0 Å². The van der Waals surface area contributed by atoms with Crippen molar-refractivity contribution in [3.63, 3.8) is 0 Å². The highest BCUT2D eigenvalue weighted by atomic mass is 15.0. The van der Waals surface area contributed by atoms with E-state index in [-0.39, 0.29) is 0 Å². The number of hydrogen-bond donors (Lipinski definition) is 0. The maximum Gasteiger partial charge on any atom is 0.164 e. The third kappa shape index (κ3) is 8.62. The van der Waals surface area contributed by atoms with Crippen molar-refractivity contribution in [3.8, 4) is 113 Å². The Bertz CT molecular complexity index is 3470. The van der Waals surface area contributed by atoms with Crippen LogP contribution in [0, 0.1) is 6.92 Å². The molecule has 0 atom stereocenters. The summed E-state index contributed by atoms with van der Waals surface area (Å²) < 4.78 is 0. The smallest absolute Gasteiger partial charge is 0.164 e. The fourth-order valence-electron chi connectivity index (χ4n) is 8.28. The molecule has 0 unspecified atom stereocenters. The van der Waals surface area contributed by atoms with E-state index in [9.17, 15) is 0 Å². The lowest BCUT2D eigenvalue weighted by Gasteiger charge is -2.17. The van der Waals surface area contributed by atoms with Crippen molar-refractivity contribution in [1.29, 1.82) is 0 Å². The Balaban J connectivity index is 1.05. The molecule has 8 nitrogen and oxygen atoms in total. The van der Waals surface area contributed by atoms with E-state index in [4.69, 9.17) is 34.9 Å². The van der Waals surface area contributed by atoms with Crippen molar-refractivity contribution in [2.75, 3.05) is 0 Å². The zero-order valence-electron chi connectivity index (χ0n) is 36.4. The quantitative estimate of drug-likeness (QED) is 0.134. The van der Waals surface area contributed by atoms with Crippen LogP contribution in [0.2, 0.25) is 0 Å². The zero-order chi connectivity index (χ0) is 44.9. The number of benzene rings is 7. The molecule has 0 bridgehead atoms. The number of aryl methyl sites for hydroxylation is 1. The molecular formula is C59H40N8. The molecule has 0 amide bonds. The first-order valence-electron chi connectivity index (χ1n) is 22.1. The minimum absolute atomic E-state index is 0.574. The fourth-order valence-corrected chi connectivity index (χ4v) is 8.28. The van der Waals surface area contributed by atoms with Gasteiger partial charge in [0.15, 0.2) is 34.9 Å². The summed E-state index contributed by atoms with van der Waals surface area (Å²) in [5, 5.41) is 0. The van der Waals surface area contributed by atoms with E-state index in [0.29, 0.717) is 34.9 Å². The molecule has 0 radical (unpaired) electrons. The normalized spacial score (nSPS) is 11.1. The third-order valence-corrected chi connectivity index (χ3v) is 11.6. The summed E-state index contributed by atoms with van der Waals surface area (Å²) in [5.41, 5.74) is 14.2. The maximum atomic E-state index is 5.15. The summed E-state index contributed by atoms with van der Waals surface area (Å²) >= 11 is 0. The fraction of sp³-hybridized carbons (Fsp3) is 0.0169. The van der Waals surface area contributed by atoms with E-state index < -0.39 is 0 Å². The number of nitrogens with zero attached hydrogens (tertiary/aromatic N) is 8. The van der Waals surface area contributed by atoms with Crippen molar-refractivity contribution in [2.45, 2.75) is 6.92 Å². The molecule has 7 aromatic carbocycles. The van der Waals surface area contributed by atoms with Crippen LogP contribution in [0.1, 0.15) is 5.69 Å². The molecule has 0 aliphatic rings. The first kappa shape index (κ1) is 40.6. The average molecular weight is 861 g/mol. The second kappa shape index (κ2) is 18.2. The van der Waals surface area contributed by atoms with Crippen LogP contribution in [0.25, 0.3) is 113 Å². The predicted octanol–water partition coefficient (Wildman–Crippen LogP) is 13.8. The second-order valence-corrected chi connectivity index (χ2v) is 16.1. The van der Waals surface area contributed by atoms with Crippen LogP contribution in [-0.4, -0.2) is 39.9 Å². The lowest BCUT2D eigenvalue weighted by atomic mass is 9.90. The van der Waals surface area contributed by atoms with Crippen LogP contribution in [0.5, 0.6) is 0 Å². The molecule has 0 fully saturated rings. The van der Waals surface area contributed by atoms with Gasteiger partial charge in [-0.3, -0.25) is 9.97 Å². The Morgan fingerprint density at radius 2 is 0.657 bits per heavy atom. The number of hydrogen-bond acceptors (Lipinski definition) is 8. The van der Waals surface area contributed by atoms with Crippen molar-refractivity contribution in [3.05, 3.63) is 230 Å². The maximum absolute atomic E-state index is 5.15. The van der Waals surface area contributed by atoms with Crippen molar-refractivity contribution < 1.29 is 0 Å². The number of rotatable bonds is 10. The lowest BCUT2D eigenvalue weighted by Crippen LogP contribution is -2.01. The van der Waals surface area contributed by atoms with Crippen LogP contribution in [0.4, 0.5) is 0 Å². The van der Waals surface area contributed by atoms with Gasteiger partial charge in [-0.1, -0.05) is 170 Å². The van der Waals surface area contributed by atoms with E-state index in [2.05, 4.69) is 89.9 Å². The highest BCUT2D eigenvalue weighted by Gasteiger charge is 2.20. The molecule has 11 rings (SSSR count). The van der Waals surface area contributed by atoms with Crippen LogP contribution < -0.4 is 0 Å². The highest BCUT2D eigenvalue weighted by molar-refractivity contribution is 5.92. The Morgan fingerprint density at radius 3 is 1.19 bits per heavy atom. The molecule has 4 aromatic heterocycles. The molecule has 0 saturated heterocycles. The Hall–Kier alpha value is -9.14. The van der Waals surface area contributed by atoms with Crippen LogP contribution >= 0.6 is 0 Å². The first-order chi connectivity index (χ1) is 33.1. The standard InChI is InChI=1S/C59H40N8/c1-39-16-13-29-53(61-39)50-31-30-46(38-52(50)49-27-11-12-28-51(49)59-66-55(42-19-7-3-8-20-42)62-56(67-59)43-21-9-4-10-22-43)45-24-15-26-48(37-45)58-64-54(41-17-5-2-6-18-41)63-57(65-58)47-25-14-23-44(36-47)40-32-34-60-35-33-40/h2-38H,1H3. The molecule has 0 saturated carbocycles. The van der Waals surface area contributed by atoms with Gasteiger partial charge >= 0.3 is 0 Å². The van der Waals surface area contributed by atoms with E-state index >= 15 is 0 Å². The summed E-state index contributed by atoms with van der Waals surface area (Å²) in [4.78, 5) is 39.8. The van der Waals surface area contributed by atoms with Gasteiger partial charge in [-0.25, -0.2) is 29.9 Å². The topological polar surface area (TPSA) is 103 Å². The molecule has 4 heterocycles. The van der Waals surface area contributed by atoms with Crippen molar-refractivity contribution >= 4 is 0 Å². The molecule has 0 aliphatic carbocycles. The molecule has 11 aromatic rings. The summed E-state index contributed by atoms with van der Waals surface area (Å²) in [5.74, 6) is 3.53. The van der Waals surface area contributed by atoms with Gasteiger partial charge in [0, 0.05) is 57.0 Å². The van der Waals surface area contributed by atoms with Crippen LogP contribution in [0.3, 0.4) is 0 Å². The van der Waals surface area contributed by atoms with Gasteiger partial charge in [-0.2, -0.15) is 0 Å². The van der Waals surface area contributed by atoms with E-state index in [0.717, 1.165) is 83.7 Å². The van der Waals surface area contributed by atoms with Gasteiger partial charge in [0.25, 0.3) is 0 Å². The minimum atomic E-state index is 0.574. The van der Waals surface area contributed by atoms with E-state index in [1.807, 2.05) is 134 Å². The Labute approximate surface area is 388 Å². The molecule has 8 heteroatoms. The average Bonchev–Trinajstić information content (AvgIpc) is 3.41. The van der Waals surface area contributed by atoms with Crippen molar-refractivity contribution in [2.24, 2.45) is 0 Å². The Kier molecular flexibility index (Phi) is 11.0. The van der Waals surface area contributed by atoms with Crippen LogP contribution in [0.15, 0.2) is 225 Å². The zero-order valence-corrected chi connectivity index (χ0v) is 36.4. The SMILES string of the molecule is Cc1cccc(-c2ccc(-c3cccc(-c4nc(-c5ccccc5)nc(-c5cccc(-c6ccncc6)c5)n4)c3)cc2-c2ccccc2-c2nc(-c3ccccc3)nc(-c3ccccc3)n2)n1. The van der Waals surface area contributed by atoms with Gasteiger partial charge in [-0.15, -0.1) is 0 Å². The molecule has 0 spiro atoms. The molecule has 67 heavy (non-hydrogen) atoms. The summed E-state index contributed by atoms with van der Waals surface area (Å²) in [6, 6.07) is 71.9. The highest BCUT2D eigenvalue weighted by Crippen LogP contribution is 2.41. The van der Waals surface area contributed by atoms with Crippen molar-refractivity contribution in [1.82, 2.24) is 39.9 Å². The molecule has 0 N–H and O–H groups in total. The van der Waals surface area contributed by atoms with Gasteiger partial charge in [0.2, 0.25) is 0 Å². The number of pyridine rings is 2. The van der Waals surface area contributed by atoms with E-state index in [1.54, 1.807) is 12.4 Å². The lowest BCUT2D eigenvalue weighted by molar-refractivity contribution is 1.07. The summed E-state index contributed by atoms with van der Waals surface area (Å²) in [6.07, 6.45) is 3.60. The Morgan fingerprint density at radius 1 is 0.239 bits per heavy atom. The van der Waals surface area contributed by atoms with Gasteiger partial charge in [0.05, 0.1) is 5.69 Å². The molecular weight excluding hydrogens is 821 g/mol. The third-order valence-electron chi connectivity index (χ3n) is 11.6. The first-order valence-corrected chi connectivity index (χ1v) is 22.1. The largest absolute Gasteiger partial charge is 0.265 e. The van der Waals surface area contributed by atoms with Crippen LogP contribution in [-0.2, 0) is 0 Å². The summed E-state index contributed by atoms with van der Waals surface area (Å²) in [7, 11) is 0. The number of aromatic nitrogens is 8. The summed E-state index contributed by atoms with van der Waals surface area (Å²) in [6.45, 7) is 2.02.